The van der Waals surface area contributed by atoms with Gasteiger partial charge in [0.25, 0.3) is 0 Å². The number of thiazole rings is 1. The van der Waals surface area contributed by atoms with Crippen LogP contribution in [0.1, 0.15) is 18.2 Å². The van der Waals surface area contributed by atoms with Crippen molar-refractivity contribution in [1.82, 2.24) is 14.5 Å². The first kappa shape index (κ1) is 21.6. The van der Waals surface area contributed by atoms with Crippen molar-refractivity contribution in [3.63, 3.8) is 0 Å². The van der Waals surface area contributed by atoms with Crippen LogP contribution >= 0.6 is 11.3 Å². The van der Waals surface area contributed by atoms with Gasteiger partial charge < -0.3 is 9.47 Å². The van der Waals surface area contributed by atoms with Gasteiger partial charge in [0.15, 0.2) is 11.5 Å². The molecule has 4 rings (SSSR count). The maximum absolute atomic E-state index is 5.50. The van der Waals surface area contributed by atoms with Crippen LogP contribution in [-0.2, 0) is 0 Å². The lowest BCUT2D eigenvalue weighted by Gasteiger charge is -2.09. The molecule has 164 valence electrons. The average molecular weight is 448 g/mol. The zero-order chi connectivity index (χ0) is 22.5. The third-order valence-corrected chi connectivity index (χ3v) is 5.85. The maximum atomic E-state index is 5.50. The topological polar surface area (TPSA) is 65.9 Å². The van der Waals surface area contributed by atoms with Gasteiger partial charge in [-0.1, -0.05) is 18.2 Å². The first-order chi connectivity index (χ1) is 15.6. The van der Waals surface area contributed by atoms with Gasteiger partial charge in [-0.15, -0.1) is 11.3 Å². The summed E-state index contributed by atoms with van der Waals surface area (Å²) in [7, 11) is 3.25. The van der Waals surface area contributed by atoms with E-state index in [2.05, 4.69) is 10.4 Å². The van der Waals surface area contributed by atoms with E-state index in [0.29, 0.717) is 18.0 Å². The summed E-state index contributed by atoms with van der Waals surface area (Å²) in [5, 5.41) is 11.6. The SMILES string of the molecule is CCN=c1scc(C)n1N=Cc1cn(-c2ccccc2)nc1-c1ccc(OC)c(OC)c1. The molecule has 2 heterocycles. The molecule has 2 aromatic carbocycles. The third kappa shape index (κ3) is 4.36. The van der Waals surface area contributed by atoms with Gasteiger partial charge in [-0.2, -0.15) is 10.2 Å². The molecule has 0 fully saturated rings. The van der Waals surface area contributed by atoms with Crippen molar-refractivity contribution in [2.75, 3.05) is 20.8 Å². The monoisotopic (exact) mass is 447 g/mol. The largest absolute Gasteiger partial charge is 0.493 e. The highest BCUT2D eigenvalue weighted by molar-refractivity contribution is 7.07. The number of hydrogen-bond donors (Lipinski definition) is 0. The van der Waals surface area contributed by atoms with Gasteiger partial charge in [-0.25, -0.2) is 9.36 Å². The molecule has 0 saturated carbocycles. The lowest BCUT2D eigenvalue weighted by atomic mass is 10.1. The van der Waals surface area contributed by atoms with E-state index < -0.39 is 0 Å². The summed E-state index contributed by atoms with van der Waals surface area (Å²) in [6.07, 6.45) is 3.80. The number of rotatable bonds is 7. The second-order valence-corrected chi connectivity index (χ2v) is 7.81. The maximum Gasteiger partial charge on any atom is 0.205 e. The minimum atomic E-state index is 0.647. The number of aromatic nitrogens is 3. The van der Waals surface area contributed by atoms with Crippen LogP contribution in [-0.4, -0.2) is 41.4 Å². The average Bonchev–Trinajstić information content (AvgIpc) is 3.41. The summed E-state index contributed by atoms with van der Waals surface area (Å²) >= 11 is 1.58. The first-order valence-electron chi connectivity index (χ1n) is 10.2. The summed E-state index contributed by atoms with van der Waals surface area (Å²) < 4.78 is 14.6. The second-order valence-electron chi connectivity index (χ2n) is 6.97. The molecule has 0 aliphatic rings. The number of nitrogens with zero attached hydrogens (tertiary/aromatic N) is 5. The second kappa shape index (κ2) is 9.65. The van der Waals surface area contributed by atoms with Gasteiger partial charge >= 0.3 is 0 Å². The van der Waals surface area contributed by atoms with Gasteiger partial charge in [-0.05, 0) is 44.2 Å². The number of methoxy groups -OCH3 is 2. The van der Waals surface area contributed by atoms with E-state index >= 15 is 0 Å². The van der Waals surface area contributed by atoms with Crippen molar-refractivity contribution in [3.05, 3.63) is 76.2 Å². The van der Waals surface area contributed by atoms with E-state index in [9.17, 15) is 0 Å². The molecule has 0 unspecified atom stereocenters. The van der Waals surface area contributed by atoms with Gasteiger partial charge in [0.2, 0.25) is 4.80 Å². The number of para-hydroxylation sites is 1. The van der Waals surface area contributed by atoms with Crippen LogP contribution in [0.2, 0.25) is 0 Å². The zero-order valence-corrected chi connectivity index (χ0v) is 19.3. The van der Waals surface area contributed by atoms with E-state index in [0.717, 1.165) is 33.0 Å². The van der Waals surface area contributed by atoms with Gasteiger partial charge in [0.1, 0.15) is 5.69 Å². The molecule has 0 radical (unpaired) electrons. The molecule has 2 aromatic heterocycles. The molecule has 0 aliphatic heterocycles. The van der Waals surface area contributed by atoms with Gasteiger partial charge in [0, 0.05) is 29.2 Å². The quantitative estimate of drug-likeness (QED) is 0.391. The number of aryl methyl sites for hydroxylation is 1. The third-order valence-electron chi connectivity index (χ3n) is 4.88. The van der Waals surface area contributed by atoms with Crippen molar-refractivity contribution in [3.8, 4) is 28.4 Å². The van der Waals surface area contributed by atoms with E-state index in [1.807, 2.05) is 84.1 Å². The summed E-state index contributed by atoms with van der Waals surface area (Å²) in [6.45, 7) is 4.74. The number of benzene rings is 2. The first-order valence-corrected chi connectivity index (χ1v) is 11.1. The van der Waals surface area contributed by atoms with Crippen molar-refractivity contribution in [2.45, 2.75) is 13.8 Å². The van der Waals surface area contributed by atoms with Crippen LogP contribution in [0.25, 0.3) is 16.9 Å². The lowest BCUT2D eigenvalue weighted by Crippen LogP contribution is -2.12. The van der Waals surface area contributed by atoms with Gasteiger partial charge in [0.05, 0.1) is 31.8 Å². The Kier molecular flexibility index (Phi) is 6.51. The van der Waals surface area contributed by atoms with Crippen LogP contribution < -0.4 is 14.3 Å². The molecule has 0 saturated heterocycles. The predicted octanol–water partition coefficient (Wildman–Crippen LogP) is 4.53. The smallest absolute Gasteiger partial charge is 0.205 e. The molecule has 0 aliphatic carbocycles. The fourth-order valence-electron chi connectivity index (χ4n) is 3.29. The molecule has 4 aromatic rings. The molecule has 8 heteroatoms. The summed E-state index contributed by atoms with van der Waals surface area (Å²) in [5.74, 6) is 1.32. The highest BCUT2D eigenvalue weighted by Crippen LogP contribution is 2.33. The van der Waals surface area contributed by atoms with Crippen LogP contribution in [0.15, 0.2) is 70.2 Å². The molecular weight excluding hydrogens is 422 g/mol. The molecular formula is C24H25N5O2S. The van der Waals surface area contributed by atoms with Crippen LogP contribution in [0.4, 0.5) is 0 Å². The van der Waals surface area contributed by atoms with Crippen molar-refractivity contribution in [1.29, 1.82) is 0 Å². The minimum Gasteiger partial charge on any atom is -0.493 e. The Morgan fingerprint density at radius 1 is 1.06 bits per heavy atom. The van der Waals surface area contributed by atoms with Crippen LogP contribution in [0.5, 0.6) is 11.5 Å². The zero-order valence-electron chi connectivity index (χ0n) is 18.5. The van der Waals surface area contributed by atoms with E-state index in [4.69, 9.17) is 19.7 Å². The number of hydrogen-bond acceptors (Lipinski definition) is 6. The molecule has 0 spiro atoms. The minimum absolute atomic E-state index is 0.647. The summed E-state index contributed by atoms with van der Waals surface area (Å²) in [4.78, 5) is 5.40. The molecule has 7 nitrogen and oxygen atoms in total. The Morgan fingerprint density at radius 2 is 1.84 bits per heavy atom. The van der Waals surface area contributed by atoms with E-state index in [-0.39, 0.29) is 0 Å². The molecule has 0 atom stereocenters. The predicted molar refractivity (Wildman–Crippen MR) is 128 cm³/mol. The van der Waals surface area contributed by atoms with Gasteiger partial charge in [-0.3, -0.25) is 4.99 Å². The van der Waals surface area contributed by atoms with Crippen LogP contribution in [0.3, 0.4) is 0 Å². The Balaban J connectivity index is 1.84. The van der Waals surface area contributed by atoms with Crippen molar-refractivity contribution < 1.29 is 9.47 Å². The van der Waals surface area contributed by atoms with Crippen molar-refractivity contribution >= 4 is 17.6 Å². The Hall–Kier alpha value is -3.65. The molecule has 32 heavy (non-hydrogen) atoms. The lowest BCUT2D eigenvalue weighted by molar-refractivity contribution is 0.355. The Morgan fingerprint density at radius 3 is 2.56 bits per heavy atom. The Bertz CT molecular complexity index is 1300. The standard InChI is InChI=1S/C24H25N5O2S/c1-5-25-24-29(17(2)16-32-24)26-14-19-15-28(20-9-7-6-8-10-20)27-23(19)18-11-12-21(30-3)22(13-18)31-4/h6-16H,5H2,1-4H3. The molecule has 0 amide bonds. The highest BCUT2D eigenvalue weighted by Gasteiger charge is 2.14. The van der Waals surface area contributed by atoms with Crippen LogP contribution in [0, 0.1) is 6.92 Å². The number of ether oxygens (including phenoxy) is 2. The normalized spacial score (nSPS) is 11.9. The van der Waals surface area contributed by atoms with Crippen molar-refractivity contribution in [2.24, 2.45) is 10.1 Å². The summed E-state index contributed by atoms with van der Waals surface area (Å²) in [6, 6.07) is 15.8. The molecule has 0 N–H and O–H groups in total. The fraction of sp³-hybridized carbons (Fsp3) is 0.208. The highest BCUT2D eigenvalue weighted by atomic mass is 32.1. The molecule has 0 bridgehead atoms. The Labute approximate surface area is 190 Å². The van der Waals surface area contributed by atoms with E-state index in [1.165, 1.54) is 0 Å². The summed E-state index contributed by atoms with van der Waals surface area (Å²) in [5.41, 5.74) is 4.57. The fourth-order valence-corrected chi connectivity index (χ4v) is 4.16. The van der Waals surface area contributed by atoms with E-state index in [1.54, 1.807) is 25.6 Å².